The maximum atomic E-state index is 12.6. The number of H-pyrrole nitrogens is 1. The maximum Gasteiger partial charge on any atom is 0.416 e. The minimum atomic E-state index is -4.35. The molecule has 19 heavy (non-hydrogen) atoms. The minimum Gasteiger partial charge on any atom is -0.347 e. The molecular weight excluding hydrogens is 257 g/mol. The van der Waals surface area contributed by atoms with Crippen LogP contribution in [0, 0.1) is 6.92 Å². The Balaban J connectivity index is 2.40. The lowest BCUT2D eigenvalue weighted by Crippen LogP contribution is -2.30. The SMILES string of the molecule is Cc1cc(C(F)(F)F)ccc1C(NN)c1ncc[nH]1. The highest BCUT2D eigenvalue weighted by molar-refractivity contribution is 5.37. The van der Waals surface area contributed by atoms with Crippen LogP contribution < -0.4 is 11.3 Å². The van der Waals surface area contributed by atoms with Gasteiger partial charge in [-0.3, -0.25) is 5.84 Å². The molecule has 1 aromatic carbocycles. The average Bonchev–Trinajstić information content (AvgIpc) is 2.84. The zero-order chi connectivity index (χ0) is 14.0. The number of hydrazine groups is 1. The highest BCUT2D eigenvalue weighted by Gasteiger charge is 2.31. The summed E-state index contributed by atoms with van der Waals surface area (Å²) in [4.78, 5) is 6.94. The van der Waals surface area contributed by atoms with Gasteiger partial charge in [0, 0.05) is 12.4 Å². The van der Waals surface area contributed by atoms with Gasteiger partial charge in [-0.15, -0.1) is 0 Å². The van der Waals surface area contributed by atoms with Gasteiger partial charge in [0.25, 0.3) is 0 Å². The first-order valence-corrected chi connectivity index (χ1v) is 5.56. The Morgan fingerprint density at radius 1 is 1.37 bits per heavy atom. The Bertz CT molecular complexity index is 549. The molecule has 102 valence electrons. The number of hydrogen-bond acceptors (Lipinski definition) is 3. The van der Waals surface area contributed by atoms with E-state index in [2.05, 4.69) is 15.4 Å². The zero-order valence-electron chi connectivity index (χ0n) is 10.1. The van der Waals surface area contributed by atoms with E-state index in [0.29, 0.717) is 17.0 Å². The molecule has 0 aliphatic rings. The van der Waals surface area contributed by atoms with E-state index in [0.717, 1.165) is 12.1 Å². The van der Waals surface area contributed by atoms with Crippen LogP contribution in [0.15, 0.2) is 30.6 Å². The summed E-state index contributed by atoms with van der Waals surface area (Å²) in [6.07, 6.45) is -1.17. The Labute approximate surface area is 107 Å². The van der Waals surface area contributed by atoms with Crippen LogP contribution in [0.5, 0.6) is 0 Å². The number of aromatic nitrogens is 2. The van der Waals surface area contributed by atoms with Gasteiger partial charge in [-0.25, -0.2) is 10.4 Å². The van der Waals surface area contributed by atoms with Crippen LogP contribution in [0.1, 0.15) is 28.6 Å². The van der Waals surface area contributed by atoms with Gasteiger partial charge in [-0.05, 0) is 30.2 Å². The van der Waals surface area contributed by atoms with Gasteiger partial charge < -0.3 is 4.98 Å². The van der Waals surface area contributed by atoms with Gasteiger partial charge in [0.1, 0.15) is 11.9 Å². The Hall–Kier alpha value is -1.86. The molecule has 1 atom stereocenters. The molecule has 0 fully saturated rings. The first kappa shape index (κ1) is 13.6. The number of benzene rings is 1. The fraction of sp³-hybridized carbons (Fsp3) is 0.250. The van der Waals surface area contributed by atoms with E-state index in [1.807, 2.05) is 0 Å². The number of alkyl halides is 3. The summed E-state index contributed by atoms with van der Waals surface area (Å²) in [6, 6.07) is 3.07. The summed E-state index contributed by atoms with van der Waals surface area (Å²) >= 11 is 0. The first-order valence-electron chi connectivity index (χ1n) is 5.56. The van der Waals surface area contributed by atoms with Crippen LogP contribution in [0.2, 0.25) is 0 Å². The summed E-state index contributed by atoms with van der Waals surface area (Å²) in [5, 5.41) is 0. The lowest BCUT2D eigenvalue weighted by molar-refractivity contribution is -0.137. The number of nitrogens with two attached hydrogens (primary N) is 1. The molecule has 2 aromatic rings. The minimum absolute atomic E-state index is 0.475. The maximum absolute atomic E-state index is 12.6. The third-order valence-electron chi connectivity index (χ3n) is 2.87. The van der Waals surface area contributed by atoms with E-state index in [1.54, 1.807) is 19.3 Å². The Morgan fingerprint density at radius 3 is 2.58 bits per heavy atom. The molecule has 1 heterocycles. The van der Waals surface area contributed by atoms with Crippen molar-refractivity contribution in [2.75, 3.05) is 0 Å². The molecular formula is C12H13F3N4. The topological polar surface area (TPSA) is 66.7 Å². The standard InChI is InChI=1S/C12H13F3N4/c1-7-6-8(12(13,14)15)2-3-9(7)10(19-16)11-17-4-5-18-11/h2-6,10,19H,16H2,1H3,(H,17,18). The second-order valence-electron chi connectivity index (χ2n) is 4.14. The van der Waals surface area contributed by atoms with Gasteiger partial charge in [0.2, 0.25) is 0 Å². The first-order chi connectivity index (χ1) is 8.93. The second kappa shape index (κ2) is 5.02. The molecule has 0 saturated heterocycles. The fourth-order valence-electron chi connectivity index (χ4n) is 1.93. The van der Waals surface area contributed by atoms with Gasteiger partial charge in [-0.2, -0.15) is 13.2 Å². The molecule has 0 radical (unpaired) electrons. The zero-order valence-corrected chi connectivity index (χ0v) is 10.1. The monoisotopic (exact) mass is 270 g/mol. The number of nitrogens with one attached hydrogen (secondary N) is 2. The van der Waals surface area contributed by atoms with Gasteiger partial charge in [0.05, 0.1) is 5.56 Å². The molecule has 2 rings (SSSR count). The number of nitrogens with zero attached hydrogens (tertiary/aromatic N) is 1. The van der Waals surface area contributed by atoms with E-state index in [4.69, 9.17) is 5.84 Å². The summed E-state index contributed by atoms with van der Waals surface area (Å²) in [5.74, 6) is 6.00. The van der Waals surface area contributed by atoms with E-state index < -0.39 is 17.8 Å². The third-order valence-corrected chi connectivity index (χ3v) is 2.87. The predicted molar refractivity (Wildman–Crippen MR) is 63.9 cm³/mol. The summed E-state index contributed by atoms with van der Waals surface area (Å²) < 4.78 is 37.8. The quantitative estimate of drug-likeness (QED) is 0.592. The molecule has 7 heteroatoms. The van der Waals surface area contributed by atoms with Crippen LogP contribution >= 0.6 is 0 Å². The lowest BCUT2D eigenvalue weighted by atomic mass is 9.98. The average molecular weight is 270 g/mol. The Kier molecular flexibility index (Phi) is 3.59. The molecule has 4 nitrogen and oxygen atoms in total. The number of rotatable bonds is 3. The van der Waals surface area contributed by atoms with Crippen molar-refractivity contribution in [3.05, 3.63) is 53.1 Å². The molecule has 0 bridgehead atoms. The lowest BCUT2D eigenvalue weighted by Gasteiger charge is -2.18. The number of aryl methyl sites for hydroxylation is 1. The number of halogens is 3. The third kappa shape index (κ3) is 2.77. The van der Waals surface area contributed by atoms with E-state index in [-0.39, 0.29) is 0 Å². The van der Waals surface area contributed by atoms with Crippen molar-refractivity contribution < 1.29 is 13.2 Å². The molecule has 1 aromatic heterocycles. The molecule has 1 unspecified atom stereocenters. The molecule has 0 spiro atoms. The van der Waals surface area contributed by atoms with Gasteiger partial charge >= 0.3 is 6.18 Å². The van der Waals surface area contributed by atoms with E-state index in [9.17, 15) is 13.2 Å². The second-order valence-corrected chi connectivity index (χ2v) is 4.14. The van der Waals surface area contributed by atoms with Crippen LogP contribution in [-0.4, -0.2) is 9.97 Å². The van der Waals surface area contributed by atoms with Crippen LogP contribution in [0.4, 0.5) is 13.2 Å². The van der Waals surface area contributed by atoms with Crippen LogP contribution in [-0.2, 0) is 6.18 Å². The van der Waals surface area contributed by atoms with Gasteiger partial charge in [0.15, 0.2) is 0 Å². The summed E-state index contributed by atoms with van der Waals surface area (Å²) in [6.45, 7) is 1.61. The van der Waals surface area contributed by atoms with Crippen molar-refractivity contribution >= 4 is 0 Å². The number of imidazole rings is 1. The van der Waals surface area contributed by atoms with Crippen molar-refractivity contribution in [1.29, 1.82) is 0 Å². The van der Waals surface area contributed by atoms with Crippen LogP contribution in [0.3, 0.4) is 0 Å². The largest absolute Gasteiger partial charge is 0.416 e. The summed E-state index contributed by atoms with van der Waals surface area (Å²) in [7, 11) is 0. The van der Waals surface area contributed by atoms with Crippen molar-refractivity contribution in [2.24, 2.45) is 5.84 Å². The normalized spacial score (nSPS) is 13.5. The number of hydrogen-bond donors (Lipinski definition) is 3. The van der Waals surface area contributed by atoms with Crippen molar-refractivity contribution in [1.82, 2.24) is 15.4 Å². The Morgan fingerprint density at radius 2 is 2.11 bits per heavy atom. The molecule has 0 amide bonds. The van der Waals surface area contributed by atoms with Crippen molar-refractivity contribution in [3.8, 4) is 0 Å². The van der Waals surface area contributed by atoms with Gasteiger partial charge in [-0.1, -0.05) is 6.07 Å². The molecule has 0 saturated carbocycles. The van der Waals surface area contributed by atoms with Crippen molar-refractivity contribution in [3.63, 3.8) is 0 Å². The van der Waals surface area contributed by atoms with Crippen LogP contribution in [0.25, 0.3) is 0 Å². The smallest absolute Gasteiger partial charge is 0.347 e. The fourth-order valence-corrected chi connectivity index (χ4v) is 1.93. The molecule has 0 aliphatic heterocycles. The molecule has 4 N–H and O–H groups in total. The highest BCUT2D eigenvalue weighted by Crippen LogP contribution is 2.32. The summed E-state index contributed by atoms with van der Waals surface area (Å²) in [5.41, 5.74) is 3.01. The number of aromatic amines is 1. The predicted octanol–water partition coefficient (Wildman–Crippen LogP) is 2.29. The highest BCUT2D eigenvalue weighted by atomic mass is 19.4. The van der Waals surface area contributed by atoms with E-state index >= 15 is 0 Å². The van der Waals surface area contributed by atoms with Crippen molar-refractivity contribution in [2.45, 2.75) is 19.1 Å². The molecule has 0 aliphatic carbocycles. The van der Waals surface area contributed by atoms with E-state index in [1.165, 1.54) is 6.07 Å².